The SMILES string of the molecule is O=C(O)CN(c1ccc(C(F)(F)F)cc1)S(=O)(=O)c1ccc(Cl)cc1. The lowest BCUT2D eigenvalue weighted by molar-refractivity contribution is -0.138. The molecule has 10 heteroatoms. The molecule has 0 aliphatic heterocycles. The minimum atomic E-state index is -4.59. The maximum absolute atomic E-state index is 12.7. The average molecular weight is 394 g/mol. The third kappa shape index (κ3) is 4.43. The Morgan fingerprint density at radius 1 is 1.04 bits per heavy atom. The molecule has 0 spiro atoms. The number of benzene rings is 2. The first-order chi connectivity index (χ1) is 11.5. The van der Waals surface area contributed by atoms with Crippen LogP contribution in [-0.2, 0) is 21.0 Å². The summed E-state index contributed by atoms with van der Waals surface area (Å²) >= 11 is 5.69. The van der Waals surface area contributed by atoms with E-state index < -0.39 is 34.3 Å². The van der Waals surface area contributed by atoms with Crippen molar-refractivity contribution < 1.29 is 31.5 Å². The summed E-state index contributed by atoms with van der Waals surface area (Å²) in [5.74, 6) is -1.46. The molecule has 5 nitrogen and oxygen atoms in total. The molecule has 0 amide bonds. The van der Waals surface area contributed by atoms with Crippen molar-refractivity contribution >= 4 is 33.3 Å². The molecule has 2 rings (SSSR count). The van der Waals surface area contributed by atoms with E-state index in [4.69, 9.17) is 16.7 Å². The van der Waals surface area contributed by atoms with Crippen molar-refractivity contribution in [2.24, 2.45) is 0 Å². The number of anilines is 1. The number of hydrogen-bond acceptors (Lipinski definition) is 3. The normalized spacial score (nSPS) is 12.0. The Balaban J connectivity index is 2.49. The first kappa shape index (κ1) is 19.1. The van der Waals surface area contributed by atoms with Gasteiger partial charge >= 0.3 is 12.1 Å². The Bertz CT molecular complexity index is 865. The number of carboxylic acid groups (broad SMARTS) is 1. The number of alkyl halides is 3. The molecule has 0 unspecified atom stereocenters. The van der Waals surface area contributed by atoms with Gasteiger partial charge in [-0.1, -0.05) is 11.6 Å². The second-order valence-electron chi connectivity index (χ2n) is 4.90. The summed E-state index contributed by atoms with van der Waals surface area (Å²) in [5, 5.41) is 9.25. The van der Waals surface area contributed by atoms with Crippen LogP contribution in [0.4, 0.5) is 18.9 Å². The number of carboxylic acids is 1. The zero-order chi connectivity index (χ0) is 18.8. The van der Waals surface area contributed by atoms with E-state index in [2.05, 4.69) is 0 Å². The third-order valence-electron chi connectivity index (χ3n) is 3.16. The monoisotopic (exact) mass is 393 g/mol. The van der Waals surface area contributed by atoms with Crippen molar-refractivity contribution in [2.45, 2.75) is 11.1 Å². The van der Waals surface area contributed by atoms with Gasteiger partial charge in [0.15, 0.2) is 0 Å². The molecule has 0 atom stereocenters. The molecule has 2 aromatic carbocycles. The van der Waals surface area contributed by atoms with Crippen LogP contribution in [0.5, 0.6) is 0 Å². The van der Waals surface area contributed by atoms with E-state index in [1.807, 2.05) is 0 Å². The number of carbonyl (C=O) groups is 1. The van der Waals surface area contributed by atoms with Crippen molar-refractivity contribution in [1.82, 2.24) is 0 Å². The first-order valence-corrected chi connectivity index (χ1v) is 8.51. The van der Waals surface area contributed by atoms with Crippen molar-refractivity contribution in [3.05, 3.63) is 59.1 Å². The quantitative estimate of drug-likeness (QED) is 0.841. The van der Waals surface area contributed by atoms with Gasteiger partial charge in [0.05, 0.1) is 16.1 Å². The molecule has 2 aromatic rings. The fraction of sp³-hybridized carbons (Fsp3) is 0.133. The molecular formula is C15H11ClF3NO4S. The van der Waals surface area contributed by atoms with E-state index in [9.17, 15) is 26.4 Å². The summed E-state index contributed by atoms with van der Waals surface area (Å²) in [4.78, 5) is 10.8. The largest absolute Gasteiger partial charge is 0.480 e. The van der Waals surface area contributed by atoms with Gasteiger partial charge in [0.25, 0.3) is 10.0 Å². The number of nitrogens with zero attached hydrogens (tertiary/aromatic N) is 1. The summed E-state index contributed by atoms with van der Waals surface area (Å²) in [7, 11) is -4.30. The summed E-state index contributed by atoms with van der Waals surface area (Å²) < 4.78 is 63.7. The van der Waals surface area contributed by atoms with Gasteiger partial charge in [-0.2, -0.15) is 13.2 Å². The molecule has 0 aromatic heterocycles. The number of halogens is 4. The zero-order valence-corrected chi connectivity index (χ0v) is 13.9. The fourth-order valence-corrected chi connectivity index (χ4v) is 3.53. The van der Waals surface area contributed by atoms with Gasteiger partial charge in [-0.25, -0.2) is 8.42 Å². The topological polar surface area (TPSA) is 74.7 Å². The van der Waals surface area contributed by atoms with Crippen LogP contribution < -0.4 is 4.31 Å². The van der Waals surface area contributed by atoms with Crippen LogP contribution in [0.2, 0.25) is 5.02 Å². The summed E-state index contributed by atoms with van der Waals surface area (Å²) in [5.41, 5.74) is -1.18. The van der Waals surface area contributed by atoms with Crippen molar-refractivity contribution in [3.63, 3.8) is 0 Å². The predicted octanol–water partition coefficient (Wildman–Crippen LogP) is 3.64. The van der Waals surface area contributed by atoms with Crippen LogP contribution in [-0.4, -0.2) is 26.0 Å². The predicted molar refractivity (Wildman–Crippen MR) is 85.1 cm³/mol. The van der Waals surface area contributed by atoms with Crippen LogP contribution in [0.1, 0.15) is 5.56 Å². The summed E-state index contributed by atoms with van der Waals surface area (Å²) in [6.07, 6.45) is -4.59. The van der Waals surface area contributed by atoms with Crippen molar-refractivity contribution in [2.75, 3.05) is 10.8 Å². The van der Waals surface area contributed by atoms with Gasteiger partial charge in [-0.15, -0.1) is 0 Å². The van der Waals surface area contributed by atoms with Gasteiger partial charge in [0, 0.05) is 5.02 Å². The van der Waals surface area contributed by atoms with E-state index >= 15 is 0 Å². The van der Waals surface area contributed by atoms with E-state index in [0.29, 0.717) is 16.4 Å². The highest BCUT2D eigenvalue weighted by Crippen LogP contribution is 2.32. The molecule has 134 valence electrons. The van der Waals surface area contributed by atoms with E-state index in [0.717, 1.165) is 12.1 Å². The second kappa shape index (κ2) is 6.93. The lowest BCUT2D eigenvalue weighted by Crippen LogP contribution is -2.35. The van der Waals surface area contributed by atoms with Gasteiger partial charge in [0.1, 0.15) is 6.54 Å². The van der Waals surface area contributed by atoms with Crippen molar-refractivity contribution in [1.29, 1.82) is 0 Å². The Morgan fingerprint density at radius 2 is 1.56 bits per heavy atom. The highest BCUT2D eigenvalue weighted by atomic mass is 35.5. The number of hydrogen-bond donors (Lipinski definition) is 1. The second-order valence-corrected chi connectivity index (χ2v) is 7.20. The first-order valence-electron chi connectivity index (χ1n) is 6.69. The smallest absolute Gasteiger partial charge is 0.416 e. The molecule has 0 aliphatic carbocycles. The van der Waals surface area contributed by atoms with Crippen LogP contribution in [0, 0.1) is 0 Å². The molecular weight excluding hydrogens is 383 g/mol. The van der Waals surface area contributed by atoms with Crippen LogP contribution in [0.3, 0.4) is 0 Å². The molecule has 0 fully saturated rings. The Kier molecular flexibility index (Phi) is 5.28. The Hall–Kier alpha value is -2.26. The highest BCUT2D eigenvalue weighted by Gasteiger charge is 2.32. The summed E-state index contributed by atoms with van der Waals surface area (Å²) in [6, 6.07) is 8.13. The maximum Gasteiger partial charge on any atom is 0.416 e. The molecule has 0 saturated carbocycles. The highest BCUT2D eigenvalue weighted by molar-refractivity contribution is 7.92. The van der Waals surface area contributed by atoms with Crippen molar-refractivity contribution in [3.8, 4) is 0 Å². The van der Waals surface area contributed by atoms with E-state index in [1.165, 1.54) is 24.3 Å². The van der Waals surface area contributed by atoms with Gasteiger partial charge < -0.3 is 5.11 Å². The molecule has 0 heterocycles. The molecule has 0 aliphatic rings. The number of sulfonamides is 1. The van der Waals surface area contributed by atoms with E-state index in [-0.39, 0.29) is 15.6 Å². The van der Waals surface area contributed by atoms with Crippen LogP contribution >= 0.6 is 11.6 Å². The maximum atomic E-state index is 12.7. The van der Waals surface area contributed by atoms with E-state index in [1.54, 1.807) is 0 Å². The molecule has 1 N–H and O–H groups in total. The standard InChI is InChI=1S/C15H11ClF3NO4S/c16-11-3-7-13(8-4-11)25(23,24)20(9-14(21)22)12-5-1-10(2-6-12)15(17,18)19/h1-8H,9H2,(H,21,22). The Labute approximate surface area is 146 Å². The zero-order valence-electron chi connectivity index (χ0n) is 12.4. The van der Waals surface area contributed by atoms with Gasteiger partial charge in [-0.3, -0.25) is 9.10 Å². The molecule has 25 heavy (non-hydrogen) atoms. The lowest BCUT2D eigenvalue weighted by Gasteiger charge is -2.23. The molecule has 0 bridgehead atoms. The minimum absolute atomic E-state index is 0.203. The van der Waals surface area contributed by atoms with Crippen LogP contribution in [0.15, 0.2) is 53.4 Å². The summed E-state index contributed by atoms with van der Waals surface area (Å²) in [6.45, 7) is -0.948. The fourth-order valence-electron chi connectivity index (χ4n) is 1.99. The number of aliphatic carboxylic acids is 1. The lowest BCUT2D eigenvalue weighted by atomic mass is 10.2. The van der Waals surface area contributed by atoms with Gasteiger partial charge in [0.2, 0.25) is 0 Å². The average Bonchev–Trinajstić information content (AvgIpc) is 2.52. The van der Waals surface area contributed by atoms with Gasteiger partial charge in [-0.05, 0) is 48.5 Å². The third-order valence-corrected chi connectivity index (χ3v) is 5.20. The Morgan fingerprint density at radius 3 is 2.00 bits per heavy atom. The molecule has 0 radical (unpaired) electrons. The van der Waals surface area contributed by atoms with Crippen LogP contribution in [0.25, 0.3) is 0 Å². The molecule has 0 saturated heterocycles. The number of rotatable bonds is 5. The minimum Gasteiger partial charge on any atom is -0.480 e.